The molecule has 0 aliphatic carbocycles. The van der Waals surface area contributed by atoms with Crippen molar-refractivity contribution in [2.75, 3.05) is 14.2 Å². The van der Waals surface area contributed by atoms with Gasteiger partial charge in [0.1, 0.15) is 17.5 Å². The maximum atomic E-state index is 12.2. The summed E-state index contributed by atoms with van der Waals surface area (Å²) in [6.07, 6.45) is 0. The molecular formula is C14H19NO5. The summed E-state index contributed by atoms with van der Waals surface area (Å²) in [7, 11) is 2.92. The lowest BCUT2D eigenvalue weighted by Gasteiger charge is -2.19. The fraction of sp³-hybridized carbons (Fsp3) is 0.429. The molecule has 0 heterocycles. The lowest BCUT2D eigenvalue weighted by atomic mass is 10.0. The Balaban J connectivity index is 3.04. The van der Waals surface area contributed by atoms with Crippen molar-refractivity contribution in [1.82, 2.24) is 5.32 Å². The highest BCUT2D eigenvalue weighted by Crippen LogP contribution is 2.24. The van der Waals surface area contributed by atoms with E-state index in [2.05, 4.69) is 5.32 Å². The molecule has 0 saturated carbocycles. The van der Waals surface area contributed by atoms with Crippen molar-refractivity contribution < 1.29 is 24.2 Å². The maximum Gasteiger partial charge on any atom is 0.326 e. The molecule has 2 N–H and O–H groups in total. The van der Waals surface area contributed by atoms with Gasteiger partial charge in [0.2, 0.25) is 0 Å². The summed E-state index contributed by atoms with van der Waals surface area (Å²) < 4.78 is 10.2. The zero-order valence-electron chi connectivity index (χ0n) is 12.0. The number of hydrogen-bond acceptors (Lipinski definition) is 4. The van der Waals surface area contributed by atoms with Crippen LogP contribution >= 0.6 is 0 Å². The number of carbonyl (C=O) groups is 2. The van der Waals surface area contributed by atoms with Gasteiger partial charge in [-0.1, -0.05) is 13.8 Å². The summed E-state index contributed by atoms with van der Waals surface area (Å²) in [5.74, 6) is -0.964. The van der Waals surface area contributed by atoms with Crippen molar-refractivity contribution in [3.05, 3.63) is 23.8 Å². The minimum absolute atomic E-state index is 0.229. The van der Waals surface area contributed by atoms with Crippen LogP contribution in [0.25, 0.3) is 0 Å². The van der Waals surface area contributed by atoms with Gasteiger partial charge in [-0.3, -0.25) is 4.79 Å². The molecule has 6 heteroatoms. The third kappa shape index (κ3) is 3.63. The highest BCUT2D eigenvalue weighted by molar-refractivity contribution is 5.99. The Morgan fingerprint density at radius 3 is 2.30 bits per heavy atom. The molecule has 20 heavy (non-hydrogen) atoms. The smallest absolute Gasteiger partial charge is 0.326 e. The van der Waals surface area contributed by atoms with E-state index in [0.29, 0.717) is 11.5 Å². The molecule has 1 aromatic carbocycles. The highest BCUT2D eigenvalue weighted by atomic mass is 16.5. The number of nitrogens with one attached hydrogen (secondary N) is 1. The molecule has 1 amide bonds. The van der Waals surface area contributed by atoms with E-state index in [1.165, 1.54) is 20.3 Å². The Hall–Kier alpha value is -2.24. The van der Waals surface area contributed by atoms with Gasteiger partial charge in [-0.25, -0.2) is 4.79 Å². The van der Waals surface area contributed by atoms with Crippen LogP contribution in [0.3, 0.4) is 0 Å². The van der Waals surface area contributed by atoms with Gasteiger partial charge in [0.05, 0.1) is 19.8 Å². The second kappa shape index (κ2) is 6.79. The second-order valence-corrected chi connectivity index (χ2v) is 4.60. The van der Waals surface area contributed by atoms with Crippen molar-refractivity contribution in [3.8, 4) is 11.5 Å². The van der Waals surface area contributed by atoms with Crippen molar-refractivity contribution in [3.63, 3.8) is 0 Å². The first kappa shape index (κ1) is 15.8. The van der Waals surface area contributed by atoms with E-state index >= 15 is 0 Å². The third-order valence-electron chi connectivity index (χ3n) is 2.87. The Bertz CT molecular complexity index is 498. The molecule has 0 saturated heterocycles. The van der Waals surface area contributed by atoms with E-state index in [9.17, 15) is 9.59 Å². The van der Waals surface area contributed by atoms with Gasteiger partial charge >= 0.3 is 5.97 Å². The van der Waals surface area contributed by atoms with E-state index in [-0.39, 0.29) is 11.5 Å². The van der Waals surface area contributed by atoms with Crippen LogP contribution in [0.2, 0.25) is 0 Å². The minimum Gasteiger partial charge on any atom is -0.497 e. The fourth-order valence-electron chi connectivity index (χ4n) is 1.72. The second-order valence-electron chi connectivity index (χ2n) is 4.60. The minimum atomic E-state index is -1.07. The van der Waals surface area contributed by atoms with E-state index in [1.54, 1.807) is 26.0 Å². The molecule has 0 aliphatic heterocycles. The molecule has 1 rings (SSSR count). The maximum absolute atomic E-state index is 12.2. The van der Waals surface area contributed by atoms with E-state index in [0.717, 1.165) is 0 Å². The van der Waals surface area contributed by atoms with E-state index < -0.39 is 17.9 Å². The Labute approximate surface area is 117 Å². The van der Waals surface area contributed by atoms with Gasteiger partial charge in [0.25, 0.3) is 5.91 Å². The van der Waals surface area contributed by atoms with Crippen molar-refractivity contribution in [1.29, 1.82) is 0 Å². The quantitative estimate of drug-likeness (QED) is 0.826. The molecule has 0 bridgehead atoms. The molecule has 6 nitrogen and oxygen atoms in total. The van der Waals surface area contributed by atoms with Crippen LogP contribution in [0, 0.1) is 5.92 Å². The first-order chi connectivity index (χ1) is 9.40. The Kier molecular flexibility index (Phi) is 5.37. The summed E-state index contributed by atoms with van der Waals surface area (Å²) in [5, 5.41) is 11.6. The van der Waals surface area contributed by atoms with Crippen molar-refractivity contribution >= 4 is 11.9 Å². The number of methoxy groups -OCH3 is 2. The number of carboxylic acid groups (broad SMARTS) is 1. The summed E-state index contributed by atoms with van der Waals surface area (Å²) in [4.78, 5) is 23.3. The third-order valence-corrected chi connectivity index (χ3v) is 2.87. The molecule has 1 atom stereocenters. The largest absolute Gasteiger partial charge is 0.497 e. The lowest BCUT2D eigenvalue weighted by molar-refractivity contribution is -0.140. The monoisotopic (exact) mass is 281 g/mol. The number of amides is 1. The topological polar surface area (TPSA) is 84.9 Å². The molecule has 110 valence electrons. The molecule has 0 fully saturated rings. The van der Waals surface area contributed by atoms with Crippen LogP contribution in [0.5, 0.6) is 11.5 Å². The lowest BCUT2D eigenvalue weighted by Crippen LogP contribution is -2.44. The summed E-state index contributed by atoms with van der Waals surface area (Å²) in [6.45, 7) is 3.45. The predicted octanol–water partition coefficient (Wildman–Crippen LogP) is 1.54. The molecule has 1 aromatic rings. The molecule has 0 radical (unpaired) electrons. The van der Waals surface area contributed by atoms with Gasteiger partial charge in [-0.05, 0) is 24.1 Å². The average molecular weight is 281 g/mol. The molecule has 0 aliphatic rings. The van der Waals surface area contributed by atoms with Gasteiger partial charge < -0.3 is 19.9 Å². The molecular weight excluding hydrogens is 262 g/mol. The Morgan fingerprint density at radius 1 is 1.20 bits per heavy atom. The highest BCUT2D eigenvalue weighted by Gasteiger charge is 2.25. The number of ether oxygens (including phenoxy) is 2. The molecule has 0 spiro atoms. The molecule has 0 unspecified atom stereocenters. The van der Waals surface area contributed by atoms with Gasteiger partial charge in [-0.2, -0.15) is 0 Å². The van der Waals surface area contributed by atoms with Crippen LogP contribution < -0.4 is 14.8 Å². The van der Waals surface area contributed by atoms with Gasteiger partial charge in [0, 0.05) is 0 Å². The molecule has 0 aromatic heterocycles. The standard InChI is InChI=1S/C14H19NO5/c1-8(2)12(14(17)18)15-13(16)10-7-9(19-3)5-6-11(10)20-4/h5-8,12H,1-4H3,(H,15,16)(H,17,18)/t12-/m0/s1. The summed E-state index contributed by atoms with van der Waals surface area (Å²) >= 11 is 0. The van der Waals surface area contributed by atoms with Crippen LogP contribution in [0.4, 0.5) is 0 Å². The zero-order valence-corrected chi connectivity index (χ0v) is 12.0. The predicted molar refractivity (Wildman–Crippen MR) is 73.3 cm³/mol. The number of aliphatic carboxylic acids is 1. The van der Waals surface area contributed by atoms with Gasteiger partial charge in [0.15, 0.2) is 0 Å². The van der Waals surface area contributed by atoms with Crippen LogP contribution in [-0.4, -0.2) is 37.2 Å². The number of benzene rings is 1. The Morgan fingerprint density at radius 2 is 1.85 bits per heavy atom. The van der Waals surface area contributed by atoms with Crippen LogP contribution in [0.1, 0.15) is 24.2 Å². The van der Waals surface area contributed by atoms with E-state index in [1.807, 2.05) is 0 Å². The SMILES string of the molecule is COc1ccc(OC)c(C(=O)N[C@H](C(=O)O)C(C)C)c1. The number of carbonyl (C=O) groups excluding carboxylic acids is 1. The number of carboxylic acids is 1. The first-order valence-corrected chi connectivity index (χ1v) is 6.16. The number of rotatable bonds is 6. The van der Waals surface area contributed by atoms with Crippen LogP contribution in [-0.2, 0) is 4.79 Å². The van der Waals surface area contributed by atoms with Gasteiger partial charge in [-0.15, -0.1) is 0 Å². The van der Waals surface area contributed by atoms with Crippen LogP contribution in [0.15, 0.2) is 18.2 Å². The normalized spacial score (nSPS) is 11.8. The average Bonchev–Trinajstić information content (AvgIpc) is 2.42. The summed E-state index contributed by atoms with van der Waals surface area (Å²) in [6, 6.07) is 3.80. The van der Waals surface area contributed by atoms with Crippen molar-refractivity contribution in [2.24, 2.45) is 5.92 Å². The first-order valence-electron chi connectivity index (χ1n) is 6.16. The van der Waals surface area contributed by atoms with Crippen molar-refractivity contribution in [2.45, 2.75) is 19.9 Å². The zero-order chi connectivity index (χ0) is 15.3. The number of hydrogen-bond donors (Lipinski definition) is 2. The van der Waals surface area contributed by atoms with E-state index in [4.69, 9.17) is 14.6 Å². The fourth-order valence-corrected chi connectivity index (χ4v) is 1.72. The summed E-state index contributed by atoms with van der Waals surface area (Å²) in [5.41, 5.74) is 0.235.